The Balaban J connectivity index is 3.49. The second-order valence-corrected chi connectivity index (χ2v) is 12.3. The van der Waals surface area contributed by atoms with Crippen LogP contribution < -0.4 is 0 Å². The molecule has 0 spiro atoms. The lowest BCUT2D eigenvalue weighted by molar-refractivity contribution is -0.154. The number of carbonyl (C=O) groups is 1. The Morgan fingerprint density at radius 1 is 0.568 bits per heavy atom. The highest BCUT2D eigenvalue weighted by molar-refractivity contribution is 5.69. The molecule has 44 heavy (non-hydrogen) atoms. The van der Waals surface area contributed by atoms with Gasteiger partial charge in [-0.2, -0.15) is 0 Å². The lowest BCUT2D eigenvalue weighted by atomic mass is 10.0. The topological polar surface area (TPSA) is 55.8 Å². The number of carbonyl (C=O) groups excluding carboxylic acids is 1. The third-order valence-electron chi connectivity index (χ3n) is 7.92. The van der Waals surface area contributed by atoms with Crippen LogP contribution in [0.1, 0.15) is 174 Å². The van der Waals surface area contributed by atoms with Crippen molar-refractivity contribution in [2.24, 2.45) is 0 Å². The lowest BCUT2D eigenvalue weighted by Crippen LogP contribution is -2.27. The van der Waals surface area contributed by atoms with Gasteiger partial charge in [-0.1, -0.05) is 165 Å². The van der Waals surface area contributed by atoms with E-state index in [1.54, 1.807) is 0 Å². The van der Waals surface area contributed by atoms with Crippen LogP contribution in [0.5, 0.6) is 0 Å². The van der Waals surface area contributed by atoms with Crippen LogP contribution >= 0.6 is 0 Å². The highest BCUT2D eigenvalue weighted by Gasteiger charge is 2.13. The third kappa shape index (κ3) is 34.8. The number of hydrogen-bond donors (Lipinski definition) is 1. The molecule has 4 heteroatoms. The van der Waals surface area contributed by atoms with Crippen molar-refractivity contribution >= 4 is 5.97 Å². The van der Waals surface area contributed by atoms with E-state index in [1.165, 1.54) is 96.3 Å². The summed E-state index contributed by atoms with van der Waals surface area (Å²) >= 11 is 0. The number of allylic oxidation sites excluding steroid dienone is 8. The molecule has 1 N–H and O–H groups in total. The highest BCUT2D eigenvalue weighted by atomic mass is 16.6. The highest BCUT2D eigenvalue weighted by Crippen LogP contribution is 2.14. The molecule has 0 heterocycles. The van der Waals surface area contributed by atoms with Crippen LogP contribution in [0, 0.1) is 0 Å². The number of rotatable bonds is 34. The SMILES string of the molecule is CC/C=C\C/C=C\C/C=C\C/C=C\CCCCCCCOCC(CO)OC(=O)CCCCCCCCCCCCCCCC. The van der Waals surface area contributed by atoms with Gasteiger partial charge in [-0.15, -0.1) is 0 Å². The number of esters is 1. The van der Waals surface area contributed by atoms with E-state index < -0.39 is 6.10 Å². The normalized spacial score (nSPS) is 12.9. The van der Waals surface area contributed by atoms with Crippen LogP contribution in [0.3, 0.4) is 0 Å². The zero-order valence-corrected chi connectivity index (χ0v) is 29.2. The van der Waals surface area contributed by atoms with E-state index >= 15 is 0 Å². The average molecular weight is 617 g/mol. The molecule has 0 aromatic rings. The molecule has 1 unspecified atom stereocenters. The first kappa shape index (κ1) is 42.3. The molecule has 4 nitrogen and oxygen atoms in total. The predicted octanol–water partition coefficient (Wildman–Crippen LogP) is 11.9. The summed E-state index contributed by atoms with van der Waals surface area (Å²) in [4.78, 5) is 12.1. The maximum absolute atomic E-state index is 12.1. The van der Waals surface area contributed by atoms with Crippen molar-refractivity contribution in [3.05, 3.63) is 48.6 Å². The standard InChI is InChI=1S/C40H72O4/c1-3-5-7-9-11-13-15-17-19-20-21-22-24-26-28-30-32-34-36-43-38-39(37-41)44-40(42)35-33-31-29-27-25-23-18-16-14-12-10-8-6-4-2/h5,7,11,13,17,19,21-22,39,41H,3-4,6,8-10,12,14-16,18,20,23-38H2,1-2H3/b7-5-,13-11-,19-17-,22-21-. The first-order chi connectivity index (χ1) is 21.7. The van der Waals surface area contributed by atoms with Crippen LogP contribution in [0.25, 0.3) is 0 Å². The maximum atomic E-state index is 12.1. The van der Waals surface area contributed by atoms with Gasteiger partial charge in [0.15, 0.2) is 0 Å². The summed E-state index contributed by atoms with van der Waals surface area (Å²) in [5, 5.41) is 9.56. The molecular formula is C40H72O4. The van der Waals surface area contributed by atoms with Crippen molar-refractivity contribution < 1.29 is 19.4 Å². The summed E-state index contributed by atoms with van der Waals surface area (Å²) < 4.78 is 11.1. The van der Waals surface area contributed by atoms with E-state index in [0.717, 1.165) is 57.8 Å². The first-order valence-electron chi connectivity index (χ1n) is 18.7. The Morgan fingerprint density at radius 3 is 1.55 bits per heavy atom. The zero-order valence-electron chi connectivity index (χ0n) is 29.2. The molecule has 0 aromatic carbocycles. The molecule has 0 saturated heterocycles. The summed E-state index contributed by atoms with van der Waals surface area (Å²) in [5.74, 6) is -0.208. The van der Waals surface area contributed by atoms with Crippen molar-refractivity contribution in [2.45, 2.75) is 180 Å². The molecule has 0 radical (unpaired) electrons. The molecule has 0 aliphatic carbocycles. The largest absolute Gasteiger partial charge is 0.457 e. The Bertz CT molecular complexity index is 693. The molecule has 0 aromatic heterocycles. The Kier molecular flexibility index (Phi) is 36.1. The fraction of sp³-hybridized carbons (Fsp3) is 0.775. The van der Waals surface area contributed by atoms with Crippen LogP contribution in [-0.4, -0.2) is 37.0 Å². The van der Waals surface area contributed by atoms with Crippen LogP contribution in [0.15, 0.2) is 48.6 Å². The lowest BCUT2D eigenvalue weighted by Gasteiger charge is -2.15. The fourth-order valence-corrected chi connectivity index (χ4v) is 5.14. The Hall–Kier alpha value is -1.65. The minimum atomic E-state index is -0.541. The molecule has 0 bridgehead atoms. The van der Waals surface area contributed by atoms with Crippen molar-refractivity contribution in [2.75, 3.05) is 19.8 Å². The molecular weight excluding hydrogens is 544 g/mol. The minimum Gasteiger partial charge on any atom is -0.457 e. The van der Waals surface area contributed by atoms with Gasteiger partial charge in [0.25, 0.3) is 0 Å². The molecule has 0 aliphatic rings. The van der Waals surface area contributed by atoms with E-state index in [9.17, 15) is 9.90 Å². The second kappa shape index (κ2) is 37.5. The van der Waals surface area contributed by atoms with E-state index in [-0.39, 0.29) is 19.2 Å². The molecule has 1 atom stereocenters. The van der Waals surface area contributed by atoms with Crippen LogP contribution in [0.4, 0.5) is 0 Å². The van der Waals surface area contributed by atoms with Crippen LogP contribution in [-0.2, 0) is 14.3 Å². The van der Waals surface area contributed by atoms with Crippen LogP contribution in [0.2, 0.25) is 0 Å². The zero-order chi connectivity index (χ0) is 32.0. The van der Waals surface area contributed by atoms with Crippen molar-refractivity contribution in [1.82, 2.24) is 0 Å². The summed E-state index contributed by atoms with van der Waals surface area (Å²) in [5.41, 5.74) is 0. The smallest absolute Gasteiger partial charge is 0.306 e. The Morgan fingerprint density at radius 2 is 1.02 bits per heavy atom. The molecule has 0 saturated carbocycles. The number of aliphatic hydroxyl groups excluding tert-OH is 1. The third-order valence-corrected chi connectivity index (χ3v) is 7.92. The monoisotopic (exact) mass is 617 g/mol. The molecule has 0 fully saturated rings. The van der Waals surface area contributed by atoms with Gasteiger partial charge in [-0.3, -0.25) is 4.79 Å². The van der Waals surface area contributed by atoms with Gasteiger partial charge in [-0.25, -0.2) is 0 Å². The van der Waals surface area contributed by atoms with Crippen molar-refractivity contribution in [3.63, 3.8) is 0 Å². The second-order valence-electron chi connectivity index (χ2n) is 12.3. The van der Waals surface area contributed by atoms with Gasteiger partial charge in [0.1, 0.15) is 6.10 Å². The van der Waals surface area contributed by atoms with E-state index in [4.69, 9.17) is 9.47 Å². The summed E-state index contributed by atoms with van der Waals surface area (Å²) in [7, 11) is 0. The summed E-state index contributed by atoms with van der Waals surface area (Å²) in [6.07, 6.45) is 47.2. The summed E-state index contributed by atoms with van der Waals surface area (Å²) in [6, 6.07) is 0. The molecule has 0 amide bonds. The maximum Gasteiger partial charge on any atom is 0.306 e. The van der Waals surface area contributed by atoms with E-state index in [2.05, 4.69) is 62.5 Å². The number of ether oxygens (including phenoxy) is 2. The van der Waals surface area contributed by atoms with Gasteiger partial charge in [0.2, 0.25) is 0 Å². The molecule has 256 valence electrons. The van der Waals surface area contributed by atoms with Gasteiger partial charge >= 0.3 is 5.97 Å². The van der Waals surface area contributed by atoms with Gasteiger partial charge < -0.3 is 14.6 Å². The molecule has 0 rings (SSSR count). The summed E-state index contributed by atoms with van der Waals surface area (Å²) in [6.45, 7) is 5.20. The number of unbranched alkanes of at least 4 members (excludes halogenated alkanes) is 18. The fourth-order valence-electron chi connectivity index (χ4n) is 5.14. The van der Waals surface area contributed by atoms with Crippen molar-refractivity contribution in [3.8, 4) is 0 Å². The quantitative estimate of drug-likeness (QED) is 0.0444. The Labute approximate surface area is 273 Å². The van der Waals surface area contributed by atoms with Gasteiger partial charge in [0.05, 0.1) is 13.2 Å². The number of aliphatic hydroxyl groups is 1. The first-order valence-corrected chi connectivity index (χ1v) is 18.7. The van der Waals surface area contributed by atoms with E-state index in [1.807, 2.05) is 0 Å². The average Bonchev–Trinajstić information content (AvgIpc) is 3.03. The van der Waals surface area contributed by atoms with E-state index in [0.29, 0.717) is 13.0 Å². The van der Waals surface area contributed by atoms with Gasteiger partial charge in [0, 0.05) is 13.0 Å². The minimum absolute atomic E-state index is 0.179. The van der Waals surface area contributed by atoms with Crippen molar-refractivity contribution in [1.29, 1.82) is 0 Å². The predicted molar refractivity (Wildman–Crippen MR) is 191 cm³/mol. The number of hydrogen-bond acceptors (Lipinski definition) is 4. The van der Waals surface area contributed by atoms with Gasteiger partial charge in [-0.05, 0) is 51.4 Å². The molecule has 0 aliphatic heterocycles.